The number of benzene rings is 1. The molecule has 0 saturated carbocycles. The van der Waals surface area contributed by atoms with Crippen molar-refractivity contribution in [2.24, 2.45) is 0 Å². The highest BCUT2D eigenvalue weighted by Gasteiger charge is 2.11. The molecular formula is C13H20N2O2. The highest BCUT2D eigenvalue weighted by atomic mass is 16.5. The van der Waals surface area contributed by atoms with E-state index in [4.69, 9.17) is 4.74 Å². The molecule has 1 rings (SSSR count). The first kappa shape index (κ1) is 13.5. The molecule has 0 aromatic heterocycles. The van der Waals surface area contributed by atoms with E-state index in [1.54, 1.807) is 14.2 Å². The van der Waals surface area contributed by atoms with Crippen LogP contribution in [0, 0.1) is 6.92 Å². The summed E-state index contributed by atoms with van der Waals surface area (Å²) < 4.78 is 5.34. The number of aryl methyl sites for hydroxylation is 1. The fraction of sp³-hybridized carbons (Fsp3) is 0.462. The van der Waals surface area contributed by atoms with E-state index in [9.17, 15) is 4.79 Å². The smallest absolute Gasteiger partial charge is 0.233 e. The molecule has 0 fully saturated rings. The minimum atomic E-state index is -0.0251. The Balaban J connectivity index is 2.74. The van der Waals surface area contributed by atoms with E-state index in [0.717, 1.165) is 16.9 Å². The van der Waals surface area contributed by atoms with Crippen LogP contribution in [0.1, 0.15) is 24.1 Å². The first-order valence-electron chi connectivity index (χ1n) is 5.67. The van der Waals surface area contributed by atoms with Gasteiger partial charge in [-0.25, -0.2) is 0 Å². The van der Waals surface area contributed by atoms with Crippen molar-refractivity contribution in [2.45, 2.75) is 19.9 Å². The Morgan fingerprint density at radius 3 is 2.76 bits per heavy atom. The number of ether oxygens (including phenoxy) is 1. The topological polar surface area (TPSA) is 50.4 Å². The van der Waals surface area contributed by atoms with Crippen LogP contribution in [-0.2, 0) is 4.79 Å². The summed E-state index contributed by atoms with van der Waals surface area (Å²) in [6, 6.07) is 6.13. The number of amides is 1. The highest BCUT2D eigenvalue weighted by molar-refractivity contribution is 5.77. The van der Waals surface area contributed by atoms with Crippen LogP contribution in [0.25, 0.3) is 0 Å². The summed E-state index contributed by atoms with van der Waals surface area (Å²) in [5, 5.41) is 5.73. The molecule has 0 aliphatic carbocycles. The third kappa shape index (κ3) is 3.75. The molecule has 4 nitrogen and oxygen atoms in total. The lowest BCUT2D eigenvalue weighted by molar-refractivity contribution is -0.119. The van der Waals surface area contributed by atoms with Crippen LogP contribution < -0.4 is 15.4 Å². The van der Waals surface area contributed by atoms with Crippen LogP contribution in [0.4, 0.5) is 0 Å². The van der Waals surface area contributed by atoms with Crippen molar-refractivity contribution in [3.63, 3.8) is 0 Å². The lowest BCUT2D eigenvalue weighted by Gasteiger charge is -2.17. The van der Waals surface area contributed by atoms with Crippen molar-refractivity contribution < 1.29 is 9.53 Å². The van der Waals surface area contributed by atoms with Gasteiger partial charge in [-0.15, -0.1) is 0 Å². The van der Waals surface area contributed by atoms with Gasteiger partial charge in [0.15, 0.2) is 0 Å². The van der Waals surface area contributed by atoms with Crippen molar-refractivity contribution in [1.82, 2.24) is 10.6 Å². The molecule has 0 aliphatic rings. The fourth-order valence-corrected chi connectivity index (χ4v) is 1.62. The minimum Gasteiger partial charge on any atom is -0.496 e. The lowest BCUT2D eigenvalue weighted by Crippen LogP contribution is -2.32. The zero-order valence-electron chi connectivity index (χ0n) is 10.8. The molecule has 0 radical (unpaired) electrons. The lowest BCUT2D eigenvalue weighted by atomic mass is 10.0. The van der Waals surface area contributed by atoms with Crippen LogP contribution in [0.5, 0.6) is 5.75 Å². The van der Waals surface area contributed by atoms with Crippen LogP contribution in [-0.4, -0.2) is 26.6 Å². The molecule has 2 N–H and O–H groups in total. The number of likely N-dealkylation sites (N-methyl/N-ethyl adjacent to an activating group) is 1. The fourth-order valence-electron chi connectivity index (χ4n) is 1.62. The molecule has 4 heteroatoms. The van der Waals surface area contributed by atoms with Crippen molar-refractivity contribution in [2.75, 3.05) is 20.7 Å². The SMILES string of the molecule is CNC(=O)CNC(C)c1ccc(C)cc1OC. The summed E-state index contributed by atoms with van der Waals surface area (Å²) in [5.74, 6) is 0.824. The summed E-state index contributed by atoms with van der Waals surface area (Å²) in [5.41, 5.74) is 2.21. The second kappa shape index (κ2) is 6.25. The molecule has 1 aromatic carbocycles. The largest absolute Gasteiger partial charge is 0.496 e. The van der Waals surface area contributed by atoms with Crippen LogP contribution in [0.15, 0.2) is 18.2 Å². The summed E-state index contributed by atoms with van der Waals surface area (Å²) in [6.07, 6.45) is 0. The Hall–Kier alpha value is -1.55. The molecule has 1 aromatic rings. The van der Waals surface area contributed by atoms with Gasteiger partial charge in [0.1, 0.15) is 5.75 Å². The molecule has 0 saturated heterocycles. The zero-order chi connectivity index (χ0) is 12.8. The number of methoxy groups -OCH3 is 1. The summed E-state index contributed by atoms with van der Waals surface area (Å²) in [7, 11) is 3.28. The average molecular weight is 236 g/mol. The normalized spacial score (nSPS) is 12.0. The number of carbonyl (C=O) groups excluding carboxylic acids is 1. The molecule has 0 heterocycles. The third-order valence-corrected chi connectivity index (χ3v) is 2.70. The second-order valence-electron chi connectivity index (χ2n) is 4.02. The van der Waals surface area contributed by atoms with E-state index in [2.05, 4.69) is 10.6 Å². The van der Waals surface area contributed by atoms with Gasteiger partial charge in [-0.2, -0.15) is 0 Å². The van der Waals surface area contributed by atoms with E-state index in [0.29, 0.717) is 6.54 Å². The van der Waals surface area contributed by atoms with Crippen LogP contribution >= 0.6 is 0 Å². The Morgan fingerprint density at radius 1 is 1.47 bits per heavy atom. The number of carbonyl (C=O) groups is 1. The Bertz CT molecular complexity index is 391. The molecule has 0 spiro atoms. The van der Waals surface area contributed by atoms with Gasteiger partial charge in [-0.1, -0.05) is 12.1 Å². The van der Waals surface area contributed by atoms with Gasteiger partial charge in [-0.05, 0) is 25.5 Å². The van der Waals surface area contributed by atoms with Crippen LogP contribution in [0.2, 0.25) is 0 Å². The van der Waals surface area contributed by atoms with Crippen molar-refractivity contribution >= 4 is 5.91 Å². The van der Waals surface area contributed by atoms with Gasteiger partial charge in [-0.3, -0.25) is 4.79 Å². The molecule has 1 unspecified atom stereocenters. The maximum Gasteiger partial charge on any atom is 0.233 e. The number of nitrogens with one attached hydrogen (secondary N) is 2. The van der Waals surface area contributed by atoms with E-state index in [1.807, 2.05) is 32.0 Å². The Labute approximate surface area is 102 Å². The first-order valence-corrected chi connectivity index (χ1v) is 5.67. The van der Waals surface area contributed by atoms with Gasteiger partial charge in [0.25, 0.3) is 0 Å². The van der Waals surface area contributed by atoms with E-state index in [1.165, 1.54) is 0 Å². The predicted molar refractivity (Wildman–Crippen MR) is 68.2 cm³/mol. The Kier molecular flexibility index (Phi) is 4.97. The van der Waals surface area contributed by atoms with E-state index in [-0.39, 0.29) is 11.9 Å². The minimum absolute atomic E-state index is 0.0251. The van der Waals surface area contributed by atoms with Gasteiger partial charge in [0.2, 0.25) is 5.91 Å². The molecule has 1 atom stereocenters. The van der Waals surface area contributed by atoms with Crippen molar-refractivity contribution in [3.05, 3.63) is 29.3 Å². The van der Waals surface area contributed by atoms with Crippen molar-refractivity contribution in [3.8, 4) is 5.75 Å². The molecule has 17 heavy (non-hydrogen) atoms. The first-order chi connectivity index (χ1) is 8.08. The van der Waals surface area contributed by atoms with Gasteiger partial charge in [0, 0.05) is 18.7 Å². The molecular weight excluding hydrogens is 216 g/mol. The average Bonchev–Trinajstić information content (AvgIpc) is 2.35. The van der Waals surface area contributed by atoms with E-state index >= 15 is 0 Å². The van der Waals surface area contributed by atoms with Gasteiger partial charge >= 0.3 is 0 Å². The van der Waals surface area contributed by atoms with Gasteiger partial charge in [0.05, 0.1) is 13.7 Å². The third-order valence-electron chi connectivity index (χ3n) is 2.70. The quantitative estimate of drug-likeness (QED) is 0.812. The summed E-state index contributed by atoms with van der Waals surface area (Å²) in [4.78, 5) is 11.2. The number of hydrogen-bond acceptors (Lipinski definition) is 3. The molecule has 94 valence electrons. The standard InChI is InChI=1S/C13H20N2O2/c1-9-5-6-11(12(7-9)17-4)10(2)15-8-13(16)14-3/h5-7,10,15H,8H2,1-4H3,(H,14,16). The Morgan fingerprint density at radius 2 is 2.18 bits per heavy atom. The van der Waals surface area contributed by atoms with Crippen molar-refractivity contribution in [1.29, 1.82) is 0 Å². The zero-order valence-corrected chi connectivity index (χ0v) is 10.8. The maximum atomic E-state index is 11.2. The number of hydrogen-bond donors (Lipinski definition) is 2. The molecule has 0 bridgehead atoms. The highest BCUT2D eigenvalue weighted by Crippen LogP contribution is 2.25. The van der Waals surface area contributed by atoms with Crippen LogP contribution in [0.3, 0.4) is 0 Å². The van der Waals surface area contributed by atoms with E-state index < -0.39 is 0 Å². The summed E-state index contributed by atoms with van der Waals surface area (Å²) >= 11 is 0. The number of rotatable bonds is 5. The second-order valence-corrected chi connectivity index (χ2v) is 4.02. The van der Waals surface area contributed by atoms with Gasteiger partial charge < -0.3 is 15.4 Å². The maximum absolute atomic E-state index is 11.2. The molecule has 0 aliphatic heterocycles. The molecule has 1 amide bonds. The predicted octanol–water partition coefficient (Wildman–Crippen LogP) is 1.40. The summed E-state index contributed by atoms with van der Waals surface area (Å²) in [6.45, 7) is 4.33. The monoisotopic (exact) mass is 236 g/mol.